The highest BCUT2D eigenvalue weighted by Gasteiger charge is 2.30. The molecular formula is C20H42N6O5. The Balaban J connectivity index is 4.28. The lowest BCUT2D eigenvalue weighted by Gasteiger charge is -2.33. The van der Waals surface area contributed by atoms with Crippen LogP contribution in [0.1, 0.15) is 59.3 Å². The number of unbranched alkanes of at least 4 members (excludes halogenated alkanes) is 4. The monoisotopic (exact) mass is 446 g/mol. The zero-order chi connectivity index (χ0) is 23.8. The van der Waals surface area contributed by atoms with Gasteiger partial charge in [0.25, 0.3) is 0 Å². The molecule has 0 fully saturated rings. The molecule has 0 radical (unpaired) electrons. The Kier molecular flexibility index (Phi) is 15.7. The fraction of sp³-hybridized carbons (Fsp3) is 0.850. The lowest BCUT2D eigenvalue weighted by Crippen LogP contribution is -2.51. The summed E-state index contributed by atoms with van der Waals surface area (Å²) in [6.07, 6.45) is 2.54. The zero-order valence-corrected chi connectivity index (χ0v) is 19.0. The number of carbonyl (C=O) groups is 1. The molecule has 0 aliphatic carbocycles. The fourth-order valence-electron chi connectivity index (χ4n) is 3.03. The van der Waals surface area contributed by atoms with Crippen molar-refractivity contribution in [3.05, 3.63) is 0 Å². The SMILES string of the molecule is CC(C)C(OC(CO)[C@H](C)O)[C@H](CO)NC(=O)CCCCCCCN=C(N)N=C(N)N. The Morgan fingerprint density at radius 2 is 1.61 bits per heavy atom. The number of nitrogens with zero attached hydrogens (tertiary/aromatic N) is 2. The maximum Gasteiger partial charge on any atom is 0.220 e. The first kappa shape index (κ1) is 29.1. The quantitative estimate of drug-likeness (QED) is 0.0904. The highest BCUT2D eigenvalue weighted by Crippen LogP contribution is 2.16. The van der Waals surface area contributed by atoms with Crippen LogP contribution in [0.2, 0.25) is 0 Å². The topological polar surface area (TPSA) is 202 Å². The van der Waals surface area contributed by atoms with Gasteiger partial charge < -0.3 is 42.6 Å². The molecule has 0 aromatic heterocycles. The molecule has 11 heteroatoms. The Bertz CT molecular complexity index is 552. The highest BCUT2D eigenvalue weighted by molar-refractivity contribution is 5.92. The second-order valence-corrected chi connectivity index (χ2v) is 7.96. The Labute approximate surface area is 185 Å². The van der Waals surface area contributed by atoms with Crippen LogP contribution in [0.4, 0.5) is 0 Å². The molecule has 0 rings (SSSR count). The number of amides is 1. The van der Waals surface area contributed by atoms with Gasteiger partial charge in [0, 0.05) is 13.0 Å². The number of hydrogen-bond acceptors (Lipinski definition) is 6. The second-order valence-electron chi connectivity index (χ2n) is 7.96. The summed E-state index contributed by atoms with van der Waals surface area (Å²) in [5, 5.41) is 31.6. The summed E-state index contributed by atoms with van der Waals surface area (Å²) in [4.78, 5) is 20.0. The van der Waals surface area contributed by atoms with Crippen molar-refractivity contribution in [3.8, 4) is 0 Å². The van der Waals surface area contributed by atoms with Crippen LogP contribution in [0.15, 0.2) is 9.98 Å². The van der Waals surface area contributed by atoms with Crippen molar-refractivity contribution in [1.29, 1.82) is 0 Å². The average Bonchev–Trinajstić information content (AvgIpc) is 2.68. The van der Waals surface area contributed by atoms with Gasteiger partial charge in [0.05, 0.1) is 31.5 Å². The number of nitrogens with one attached hydrogen (secondary N) is 1. The van der Waals surface area contributed by atoms with E-state index in [2.05, 4.69) is 15.3 Å². The number of ether oxygens (including phenoxy) is 1. The van der Waals surface area contributed by atoms with Crippen LogP contribution in [0.5, 0.6) is 0 Å². The van der Waals surface area contributed by atoms with Gasteiger partial charge in [-0.15, -0.1) is 0 Å². The molecule has 182 valence electrons. The Hall–Kier alpha value is -1.95. The number of rotatable bonds is 16. The number of aliphatic imine (C=N–C) groups is 2. The summed E-state index contributed by atoms with van der Waals surface area (Å²) in [5.74, 6) is -0.252. The van der Waals surface area contributed by atoms with Gasteiger partial charge >= 0.3 is 0 Å². The van der Waals surface area contributed by atoms with Gasteiger partial charge in [0.1, 0.15) is 6.10 Å². The summed E-state index contributed by atoms with van der Waals surface area (Å²) in [6.45, 7) is 5.21. The minimum absolute atomic E-state index is 0.0334. The maximum atomic E-state index is 12.3. The molecule has 1 amide bonds. The average molecular weight is 447 g/mol. The smallest absolute Gasteiger partial charge is 0.220 e. The number of nitrogens with two attached hydrogens (primary N) is 3. The number of aliphatic hydroxyl groups is 3. The minimum atomic E-state index is -0.866. The second kappa shape index (κ2) is 16.7. The first-order chi connectivity index (χ1) is 14.6. The molecule has 0 spiro atoms. The van der Waals surface area contributed by atoms with E-state index in [9.17, 15) is 20.1 Å². The first-order valence-electron chi connectivity index (χ1n) is 10.9. The van der Waals surface area contributed by atoms with E-state index in [-0.39, 0.29) is 37.0 Å². The summed E-state index contributed by atoms with van der Waals surface area (Å²) in [5.41, 5.74) is 15.9. The predicted octanol–water partition coefficient (Wildman–Crippen LogP) is -0.825. The first-order valence-corrected chi connectivity index (χ1v) is 10.9. The number of carbonyl (C=O) groups excluding carboxylic acids is 1. The molecule has 0 aliphatic rings. The third-order valence-electron chi connectivity index (χ3n) is 4.73. The lowest BCUT2D eigenvalue weighted by molar-refractivity contribution is -0.133. The van der Waals surface area contributed by atoms with Gasteiger partial charge in [0.15, 0.2) is 5.96 Å². The molecule has 0 aliphatic heterocycles. The largest absolute Gasteiger partial charge is 0.394 e. The van der Waals surface area contributed by atoms with Gasteiger partial charge in [-0.2, -0.15) is 4.99 Å². The molecule has 0 aromatic rings. The summed E-state index contributed by atoms with van der Waals surface area (Å²) < 4.78 is 5.78. The molecule has 31 heavy (non-hydrogen) atoms. The summed E-state index contributed by atoms with van der Waals surface area (Å²) in [6, 6.07) is -0.617. The van der Waals surface area contributed by atoms with E-state index in [0.717, 1.165) is 32.1 Å². The van der Waals surface area contributed by atoms with Crippen molar-refractivity contribution in [1.82, 2.24) is 5.32 Å². The number of guanidine groups is 2. The van der Waals surface area contributed by atoms with Crippen molar-refractivity contribution in [2.75, 3.05) is 19.8 Å². The van der Waals surface area contributed by atoms with E-state index in [1.165, 1.54) is 6.92 Å². The maximum absolute atomic E-state index is 12.3. The standard InChI is InChI=1S/C20H42N6O5/c1-13(2)18(31-16(12-28)14(3)29)15(11-27)25-17(30)9-7-5-4-6-8-10-24-20(23)26-19(21)22/h13-16,18,27-29H,4-12H2,1-3H3,(H,25,30)(H6,21,22,23,24,26)/t14-,15-,16?,18?/m0/s1. The van der Waals surface area contributed by atoms with E-state index < -0.39 is 24.4 Å². The van der Waals surface area contributed by atoms with Crippen LogP contribution in [0, 0.1) is 5.92 Å². The van der Waals surface area contributed by atoms with Crippen LogP contribution < -0.4 is 22.5 Å². The Morgan fingerprint density at radius 1 is 1.00 bits per heavy atom. The van der Waals surface area contributed by atoms with E-state index in [0.29, 0.717) is 13.0 Å². The molecule has 0 saturated heterocycles. The minimum Gasteiger partial charge on any atom is -0.394 e. The summed E-state index contributed by atoms with van der Waals surface area (Å²) >= 11 is 0. The number of hydrogen-bond donors (Lipinski definition) is 7. The van der Waals surface area contributed by atoms with Gasteiger partial charge in [-0.05, 0) is 25.7 Å². The Morgan fingerprint density at radius 3 is 2.13 bits per heavy atom. The molecule has 0 aromatic carbocycles. The fourth-order valence-corrected chi connectivity index (χ4v) is 3.03. The normalized spacial score (nSPS) is 15.9. The van der Waals surface area contributed by atoms with E-state index in [4.69, 9.17) is 21.9 Å². The summed E-state index contributed by atoms with van der Waals surface area (Å²) in [7, 11) is 0. The highest BCUT2D eigenvalue weighted by atomic mass is 16.5. The molecule has 10 N–H and O–H groups in total. The predicted molar refractivity (Wildman–Crippen MR) is 121 cm³/mol. The van der Waals surface area contributed by atoms with Gasteiger partial charge in [-0.1, -0.05) is 33.1 Å². The van der Waals surface area contributed by atoms with Crippen LogP contribution >= 0.6 is 0 Å². The molecule has 11 nitrogen and oxygen atoms in total. The van der Waals surface area contributed by atoms with Crippen molar-refractivity contribution in [2.24, 2.45) is 33.1 Å². The molecular weight excluding hydrogens is 404 g/mol. The van der Waals surface area contributed by atoms with E-state index in [1.54, 1.807) is 0 Å². The van der Waals surface area contributed by atoms with Crippen molar-refractivity contribution in [3.63, 3.8) is 0 Å². The van der Waals surface area contributed by atoms with E-state index in [1.807, 2.05) is 13.8 Å². The molecule has 4 atom stereocenters. The van der Waals surface area contributed by atoms with Gasteiger partial charge in [-0.3, -0.25) is 9.79 Å². The third kappa shape index (κ3) is 13.9. The van der Waals surface area contributed by atoms with Crippen molar-refractivity contribution in [2.45, 2.75) is 83.6 Å². The number of aliphatic hydroxyl groups excluding tert-OH is 3. The van der Waals surface area contributed by atoms with Crippen LogP contribution in [0.25, 0.3) is 0 Å². The molecule has 0 saturated carbocycles. The van der Waals surface area contributed by atoms with Gasteiger partial charge in [-0.25, -0.2) is 0 Å². The van der Waals surface area contributed by atoms with Crippen molar-refractivity contribution >= 4 is 17.8 Å². The lowest BCUT2D eigenvalue weighted by atomic mass is 9.98. The van der Waals surface area contributed by atoms with Crippen LogP contribution in [-0.2, 0) is 9.53 Å². The molecule has 0 heterocycles. The molecule has 2 unspecified atom stereocenters. The third-order valence-corrected chi connectivity index (χ3v) is 4.73. The van der Waals surface area contributed by atoms with Crippen LogP contribution in [0.3, 0.4) is 0 Å². The van der Waals surface area contributed by atoms with Gasteiger partial charge in [0.2, 0.25) is 11.9 Å². The van der Waals surface area contributed by atoms with Crippen molar-refractivity contribution < 1.29 is 24.9 Å². The van der Waals surface area contributed by atoms with E-state index >= 15 is 0 Å². The zero-order valence-electron chi connectivity index (χ0n) is 19.0. The molecule has 0 bridgehead atoms. The van der Waals surface area contributed by atoms with Crippen LogP contribution in [-0.4, -0.2) is 77.3 Å².